The van der Waals surface area contributed by atoms with Gasteiger partial charge in [0.25, 0.3) is 11.5 Å². The molecule has 3 aromatic rings. The van der Waals surface area contributed by atoms with Crippen LogP contribution in [0, 0.1) is 6.92 Å². The smallest absolute Gasteiger partial charge is 0.259 e. The SMILES string of the molecule is COCCn1cc(C(=O)Nc2nc(C)cs2)c2ccccc2c1=O. The van der Waals surface area contributed by atoms with Crippen molar-refractivity contribution in [3.63, 3.8) is 0 Å². The van der Waals surface area contributed by atoms with Crippen molar-refractivity contribution in [2.75, 3.05) is 19.0 Å². The van der Waals surface area contributed by atoms with Gasteiger partial charge in [-0.05, 0) is 13.0 Å². The normalized spacial score (nSPS) is 10.9. The molecule has 0 aliphatic carbocycles. The molecule has 7 heteroatoms. The molecule has 0 aliphatic rings. The van der Waals surface area contributed by atoms with Gasteiger partial charge in [0, 0.05) is 36.0 Å². The van der Waals surface area contributed by atoms with E-state index in [4.69, 9.17) is 4.74 Å². The minimum atomic E-state index is -0.285. The van der Waals surface area contributed by atoms with E-state index in [0.29, 0.717) is 34.6 Å². The highest BCUT2D eigenvalue weighted by Gasteiger charge is 2.15. The lowest BCUT2D eigenvalue weighted by Gasteiger charge is -2.11. The highest BCUT2D eigenvalue weighted by atomic mass is 32.1. The molecule has 1 aromatic carbocycles. The minimum absolute atomic E-state index is 0.135. The third kappa shape index (κ3) is 3.22. The summed E-state index contributed by atoms with van der Waals surface area (Å²) in [6.07, 6.45) is 1.58. The van der Waals surface area contributed by atoms with Crippen LogP contribution in [0.15, 0.2) is 40.6 Å². The first kappa shape index (κ1) is 16.4. The Kier molecular flexibility index (Phi) is 4.73. The van der Waals surface area contributed by atoms with E-state index >= 15 is 0 Å². The van der Waals surface area contributed by atoms with Crippen molar-refractivity contribution in [3.8, 4) is 0 Å². The van der Waals surface area contributed by atoms with Crippen molar-refractivity contribution in [1.82, 2.24) is 9.55 Å². The van der Waals surface area contributed by atoms with Gasteiger partial charge in [-0.1, -0.05) is 18.2 Å². The summed E-state index contributed by atoms with van der Waals surface area (Å²) < 4.78 is 6.55. The molecule has 0 fully saturated rings. The second kappa shape index (κ2) is 6.94. The molecule has 0 saturated heterocycles. The highest BCUT2D eigenvalue weighted by Crippen LogP contribution is 2.19. The van der Waals surface area contributed by atoms with Crippen molar-refractivity contribution in [1.29, 1.82) is 0 Å². The molecule has 2 heterocycles. The van der Waals surface area contributed by atoms with E-state index in [0.717, 1.165) is 5.69 Å². The zero-order chi connectivity index (χ0) is 17.1. The summed E-state index contributed by atoms with van der Waals surface area (Å²) in [6.45, 7) is 2.65. The lowest BCUT2D eigenvalue weighted by molar-refractivity contribution is 0.102. The number of pyridine rings is 1. The zero-order valence-electron chi connectivity index (χ0n) is 13.4. The van der Waals surface area contributed by atoms with Crippen molar-refractivity contribution >= 4 is 33.1 Å². The van der Waals surface area contributed by atoms with Crippen LogP contribution in [0.2, 0.25) is 0 Å². The number of methoxy groups -OCH3 is 1. The fraction of sp³-hybridized carbons (Fsp3) is 0.235. The Morgan fingerprint density at radius 1 is 1.33 bits per heavy atom. The molecule has 24 heavy (non-hydrogen) atoms. The summed E-state index contributed by atoms with van der Waals surface area (Å²) in [4.78, 5) is 29.5. The van der Waals surface area contributed by atoms with Gasteiger partial charge in [0.1, 0.15) is 0 Å². The molecular weight excluding hydrogens is 326 g/mol. The summed E-state index contributed by atoms with van der Waals surface area (Å²) in [5, 5.41) is 6.34. The minimum Gasteiger partial charge on any atom is -0.383 e. The van der Waals surface area contributed by atoms with E-state index in [9.17, 15) is 9.59 Å². The van der Waals surface area contributed by atoms with Crippen molar-refractivity contribution in [2.24, 2.45) is 0 Å². The summed E-state index contributed by atoms with van der Waals surface area (Å²) in [7, 11) is 1.57. The number of anilines is 1. The largest absolute Gasteiger partial charge is 0.383 e. The number of nitrogens with zero attached hydrogens (tertiary/aromatic N) is 2. The number of rotatable bonds is 5. The van der Waals surface area contributed by atoms with Gasteiger partial charge < -0.3 is 9.30 Å². The number of aryl methyl sites for hydroxylation is 1. The molecule has 0 aliphatic heterocycles. The number of amides is 1. The summed E-state index contributed by atoms with van der Waals surface area (Å²) in [6, 6.07) is 7.10. The number of thiazole rings is 1. The topological polar surface area (TPSA) is 73.2 Å². The number of benzene rings is 1. The molecule has 3 rings (SSSR count). The van der Waals surface area contributed by atoms with Gasteiger partial charge >= 0.3 is 0 Å². The van der Waals surface area contributed by atoms with Crippen molar-refractivity contribution < 1.29 is 9.53 Å². The van der Waals surface area contributed by atoms with Crippen LogP contribution < -0.4 is 10.9 Å². The second-order valence-electron chi connectivity index (χ2n) is 5.33. The predicted octanol–water partition coefficient (Wildman–Crippen LogP) is 2.67. The molecule has 6 nitrogen and oxygen atoms in total. The first-order valence-corrected chi connectivity index (χ1v) is 8.32. The number of carbonyl (C=O) groups excluding carboxylic acids is 1. The van der Waals surface area contributed by atoms with E-state index in [2.05, 4.69) is 10.3 Å². The Hall–Kier alpha value is -2.51. The molecule has 124 valence electrons. The maximum Gasteiger partial charge on any atom is 0.259 e. The van der Waals surface area contributed by atoms with Crippen LogP contribution >= 0.6 is 11.3 Å². The summed E-state index contributed by atoms with van der Waals surface area (Å²) in [5.74, 6) is -0.285. The van der Waals surface area contributed by atoms with E-state index in [-0.39, 0.29) is 11.5 Å². The average Bonchev–Trinajstić information content (AvgIpc) is 2.99. The Bertz CT molecular complexity index is 946. The number of carbonyl (C=O) groups is 1. The van der Waals surface area contributed by atoms with Gasteiger partial charge in [-0.25, -0.2) is 4.98 Å². The van der Waals surface area contributed by atoms with E-state index in [1.807, 2.05) is 18.4 Å². The van der Waals surface area contributed by atoms with E-state index in [1.54, 1.807) is 31.5 Å². The summed E-state index contributed by atoms with van der Waals surface area (Å²) >= 11 is 1.37. The standard InChI is InChI=1S/C17H17N3O3S/c1-11-10-24-17(18-11)19-15(21)14-9-20(7-8-23-2)16(22)13-6-4-3-5-12(13)14/h3-6,9-10H,7-8H2,1-2H3,(H,18,19,21). The van der Waals surface area contributed by atoms with Gasteiger partial charge in [-0.2, -0.15) is 0 Å². The van der Waals surface area contributed by atoms with Crippen molar-refractivity contribution in [3.05, 3.63) is 57.5 Å². The van der Waals surface area contributed by atoms with Gasteiger partial charge in [-0.3, -0.25) is 14.9 Å². The molecule has 0 unspecified atom stereocenters. The number of hydrogen-bond donors (Lipinski definition) is 1. The van der Waals surface area contributed by atoms with Crippen LogP contribution in [0.4, 0.5) is 5.13 Å². The number of nitrogens with one attached hydrogen (secondary N) is 1. The molecule has 0 radical (unpaired) electrons. The number of fused-ring (bicyclic) bond motifs is 1. The van der Waals surface area contributed by atoms with E-state index in [1.165, 1.54) is 15.9 Å². The fourth-order valence-corrected chi connectivity index (χ4v) is 3.14. The Morgan fingerprint density at radius 3 is 2.75 bits per heavy atom. The van der Waals surface area contributed by atoms with Gasteiger partial charge in [0.2, 0.25) is 0 Å². The number of hydrogen-bond acceptors (Lipinski definition) is 5. The van der Waals surface area contributed by atoms with Crippen molar-refractivity contribution in [2.45, 2.75) is 13.5 Å². The van der Waals surface area contributed by atoms with Crippen LogP contribution in [0.3, 0.4) is 0 Å². The molecule has 0 spiro atoms. The number of ether oxygens (including phenoxy) is 1. The van der Waals surface area contributed by atoms with Gasteiger partial charge in [0.05, 0.1) is 17.9 Å². The lowest BCUT2D eigenvalue weighted by Crippen LogP contribution is -2.25. The molecular formula is C17H17N3O3S. The number of aromatic nitrogens is 2. The Morgan fingerprint density at radius 2 is 2.08 bits per heavy atom. The second-order valence-corrected chi connectivity index (χ2v) is 6.19. The maximum absolute atomic E-state index is 12.7. The average molecular weight is 343 g/mol. The molecule has 0 bridgehead atoms. The zero-order valence-corrected chi connectivity index (χ0v) is 14.2. The van der Waals surface area contributed by atoms with Crippen LogP contribution in [0.1, 0.15) is 16.1 Å². The Labute approximate surface area is 142 Å². The first-order chi connectivity index (χ1) is 11.6. The molecule has 2 aromatic heterocycles. The quantitative estimate of drug-likeness (QED) is 0.773. The first-order valence-electron chi connectivity index (χ1n) is 7.44. The Balaban J connectivity index is 2.06. The van der Waals surface area contributed by atoms with Gasteiger partial charge in [0.15, 0.2) is 5.13 Å². The van der Waals surface area contributed by atoms with Crippen LogP contribution in [-0.2, 0) is 11.3 Å². The molecule has 0 saturated carbocycles. The van der Waals surface area contributed by atoms with Gasteiger partial charge in [-0.15, -0.1) is 11.3 Å². The van der Waals surface area contributed by atoms with E-state index < -0.39 is 0 Å². The lowest BCUT2D eigenvalue weighted by atomic mass is 10.1. The molecule has 0 atom stereocenters. The summed E-state index contributed by atoms with van der Waals surface area (Å²) in [5.41, 5.74) is 1.16. The maximum atomic E-state index is 12.7. The van der Waals surface area contributed by atoms with Crippen LogP contribution in [0.5, 0.6) is 0 Å². The third-order valence-corrected chi connectivity index (χ3v) is 4.49. The monoisotopic (exact) mass is 343 g/mol. The fourth-order valence-electron chi connectivity index (χ4n) is 2.46. The predicted molar refractivity (Wildman–Crippen MR) is 94.9 cm³/mol. The molecule has 1 N–H and O–H groups in total. The highest BCUT2D eigenvalue weighted by molar-refractivity contribution is 7.13. The molecule has 1 amide bonds. The third-order valence-electron chi connectivity index (χ3n) is 3.61. The van der Waals surface area contributed by atoms with Crippen LogP contribution in [0.25, 0.3) is 10.8 Å². The van der Waals surface area contributed by atoms with Crippen LogP contribution in [-0.4, -0.2) is 29.2 Å².